The Bertz CT molecular complexity index is 2570. The van der Waals surface area contributed by atoms with Gasteiger partial charge in [-0.2, -0.15) is 0 Å². The van der Waals surface area contributed by atoms with Crippen molar-refractivity contribution in [2.45, 2.75) is 95.3 Å². The van der Waals surface area contributed by atoms with Crippen LogP contribution < -0.4 is 20.7 Å². The summed E-state index contributed by atoms with van der Waals surface area (Å²) in [6, 6.07) is 18.5. The molecular formula is C56H73N7O10. The summed E-state index contributed by atoms with van der Waals surface area (Å²) in [4.78, 5) is 69.2. The van der Waals surface area contributed by atoms with Crippen molar-refractivity contribution in [2.24, 2.45) is 11.8 Å². The number of ether oxygens (including phenoxy) is 6. The van der Waals surface area contributed by atoms with Crippen molar-refractivity contribution in [1.29, 1.82) is 0 Å². The zero-order valence-electron chi connectivity index (χ0n) is 42.5. The van der Waals surface area contributed by atoms with Crippen LogP contribution >= 0.6 is 0 Å². The first-order valence-electron chi connectivity index (χ1n) is 26.3. The summed E-state index contributed by atoms with van der Waals surface area (Å²) in [5.41, 5.74) is 6.50. The molecule has 17 nitrogen and oxygen atoms in total. The van der Waals surface area contributed by atoms with Gasteiger partial charge in [0.15, 0.2) is 0 Å². The number of ketones is 1. The van der Waals surface area contributed by atoms with E-state index in [9.17, 15) is 19.2 Å². The number of benzene rings is 2. The molecule has 0 radical (unpaired) electrons. The molecule has 4 heterocycles. The molecule has 17 heteroatoms. The zero-order valence-corrected chi connectivity index (χ0v) is 42.5. The van der Waals surface area contributed by atoms with E-state index in [1.165, 1.54) is 5.56 Å². The molecular weight excluding hydrogens is 931 g/mol. The Morgan fingerprint density at radius 2 is 1.45 bits per heavy atom. The molecule has 4 N–H and O–H groups in total. The van der Waals surface area contributed by atoms with Gasteiger partial charge in [-0.1, -0.05) is 55.7 Å². The van der Waals surface area contributed by atoms with Crippen LogP contribution in [0, 0.1) is 11.8 Å². The second-order valence-electron chi connectivity index (χ2n) is 19.4. The highest BCUT2D eigenvalue weighted by molar-refractivity contribution is 6.07. The van der Waals surface area contributed by atoms with Crippen LogP contribution in [0.2, 0.25) is 0 Å². The highest BCUT2D eigenvalue weighted by atomic mass is 16.6. The van der Waals surface area contributed by atoms with Crippen molar-refractivity contribution in [2.75, 3.05) is 86.3 Å². The van der Waals surface area contributed by atoms with Crippen molar-refractivity contribution in [3.05, 3.63) is 90.4 Å². The molecule has 3 aliphatic rings. The molecule has 1 saturated heterocycles. The van der Waals surface area contributed by atoms with Crippen LogP contribution in [-0.2, 0) is 49.3 Å². The van der Waals surface area contributed by atoms with Crippen molar-refractivity contribution in [3.8, 4) is 17.0 Å². The number of nitrogens with zero attached hydrogens (tertiary/aromatic N) is 3. The number of nitrogens with one attached hydrogen (secondary N) is 4. The fourth-order valence-electron chi connectivity index (χ4n) is 10.4. The minimum absolute atomic E-state index is 0.0151. The number of carbonyl (C=O) groups excluding carboxylic acids is 4. The van der Waals surface area contributed by atoms with E-state index in [-0.39, 0.29) is 80.7 Å². The van der Waals surface area contributed by atoms with E-state index in [2.05, 4.69) is 61.2 Å². The lowest BCUT2D eigenvalue weighted by molar-refractivity contribution is -0.145. The van der Waals surface area contributed by atoms with Crippen LogP contribution in [0.5, 0.6) is 5.88 Å². The lowest BCUT2D eigenvalue weighted by atomic mass is 9.76. The van der Waals surface area contributed by atoms with Gasteiger partial charge in [0, 0.05) is 77.0 Å². The summed E-state index contributed by atoms with van der Waals surface area (Å²) >= 11 is 0. The summed E-state index contributed by atoms with van der Waals surface area (Å²) < 4.78 is 33.8. The molecule has 2 aromatic carbocycles. The Kier molecular flexibility index (Phi) is 20.1. The molecule has 3 aromatic heterocycles. The second-order valence-corrected chi connectivity index (χ2v) is 19.4. The topological polar surface area (TPSA) is 205 Å². The smallest absolute Gasteiger partial charge is 0.246 e. The Hall–Kier alpha value is -5.82. The van der Waals surface area contributed by atoms with Gasteiger partial charge < -0.3 is 54.3 Å². The number of pyridine rings is 2. The second kappa shape index (κ2) is 27.5. The van der Waals surface area contributed by atoms with Gasteiger partial charge in [0.2, 0.25) is 23.6 Å². The van der Waals surface area contributed by atoms with Crippen molar-refractivity contribution >= 4 is 45.3 Å². The molecule has 8 rings (SSSR count). The Morgan fingerprint density at radius 1 is 0.740 bits per heavy atom. The average Bonchev–Trinajstić information content (AvgIpc) is 4.02. The number of rotatable bonds is 28. The van der Waals surface area contributed by atoms with Gasteiger partial charge in [-0.25, -0.2) is 4.98 Å². The van der Waals surface area contributed by atoms with Crippen LogP contribution in [0.3, 0.4) is 0 Å². The number of hydrogen-bond donors (Lipinski definition) is 4. The molecule has 73 heavy (non-hydrogen) atoms. The van der Waals surface area contributed by atoms with Gasteiger partial charge in [-0.3, -0.25) is 24.2 Å². The number of H-pyrrole nitrogens is 1. The van der Waals surface area contributed by atoms with Gasteiger partial charge in [0.25, 0.3) is 0 Å². The van der Waals surface area contributed by atoms with Crippen LogP contribution in [0.15, 0.2) is 79.3 Å². The monoisotopic (exact) mass is 1000 g/mol. The van der Waals surface area contributed by atoms with Crippen LogP contribution in [-0.4, -0.2) is 148 Å². The number of amides is 3. The van der Waals surface area contributed by atoms with Gasteiger partial charge in [-0.05, 0) is 93.3 Å². The van der Waals surface area contributed by atoms with Crippen molar-refractivity contribution in [1.82, 2.24) is 35.8 Å². The Morgan fingerprint density at radius 3 is 2.18 bits per heavy atom. The maximum absolute atomic E-state index is 14.7. The summed E-state index contributed by atoms with van der Waals surface area (Å²) in [5.74, 6) is -0.685. The number of likely N-dealkylation sites (tertiary alicyclic amines) is 1. The number of aromatic nitrogens is 3. The van der Waals surface area contributed by atoms with Crippen LogP contribution in [0.25, 0.3) is 32.9 Å². The Balaban J connectivity index is 0.674. The number of likely N-dealkylation sites (N-methyl/N-ethyl adjacent to an activating group) is 1. The number of aryl methyl sites for hydroxylation is 1. The third-order valence-electron chi connectivity index (χ3n) is 14.5. The number of Topliss-reactive ketones (excluding diaryl/α,β-unsaturated/α-hetero) is 1. The normalized spacial score (nSPS) is 18.9. The standard InChI is InChI=1S/C56H73N7O10/c1-38(57-2)52(64)33-46(40-9-4-3-5-10-40)56(67)63-36-43(32-51(63)55(66)62-48-14-8-12-39-11-6-7-13-44(39)48)60-53(65)37-72-28-27-70-24-23-68-21-22-69-25-26-71-29-30-73-54-18-16-42(34-59-54)41-15-17-45-47-35-58-20-19-49(47)61-50(45)31-41/h6-7,11,13,15-20,31,34-35,38,40,43,46,48,51,57,61H,3-5,8-10,12,14,21-30,32-33,36-37H2,1-2H3,(H,60,65)(H,62,66)/t38-,43-,46-,48+,51-/m0/s1. The van der Waals surface area contributed by atoms with E-state index in [0.29, 0.717) is 58.7 Å². The van der Waals surface area contributed by atoms with Crippen molar-refractivity contribution < 1.29 is 47.6 Å². The molecule has 1 aliphatic heterocycles. The zero-order chi connectivity index (χ0) is 50.8. The number of hydrogen-bond acceptors (Lipinski definition) is 13. The van der Waals surface area contributed by atoms with E-state index in [4.69, 9.17) is 28.4 Å². The van der Waals surface area contributed by atoms with Gasteiger partial charge in [0.05, 0.1) is 71.5 Å². The molecule has 0 bridgehead atoms. The molecule has 1 saturated carbocycles. The maximum atomic E-state index is 14.7. The largest absolute Gasteiger partial charge is 0.475 e. The van der Waals surface area contributed by atoms with Crippen LogP contribution in [0.1, 0.15) is 81.9 Å². The summed E-state index contributed by atoms with van der Waals surface area (Å²) in [5, 5.41) is 11.6. The van der Waals surface area contributed by atoms with Crippen LogP contribution in [0.4, 0.5) is 0 Å². The molecule has 0 unspecified atom stereocenters. The fourth-order valence-corrected chi connectivity index (χ4v) is 10.4. The van der Waals surface area contributed by atoms with Gasteiger partial charge in [0.1, 0.15) is 25.0 Å². The van der Waals surface area contributed by atoms with Crippen molar-refractivity contribution in [3.63, 3.8) is 0 Å². The molecule has 3 amide bonds. The molecule has 5 aromatic rings. The lowest BCUT2D eigenvalue weighted by Crippen LogP contribution is -2.50. The highest BCUT2D eigenvalue weighted by Gasteiger charge is 2.45. The van der Waals surface area contributed by atoms with E-state index in [0.717, 1.165) is 89.9 Å². The number of fused-ring (bicyclic) bond motifs is 4. The van der Waals surface area contributed by atoms with Gasteiger partial charge in [-0.15, -0.1) is 0 Å². The number of aromatic amines is 1. The maximum Gasteiger partial charge on any atom is 0.246 e. The summed E-state index contributed by atoms with van der Waals surface area (Å²) in [7, 11) is 1.74. The third-order valence-corrected chi connectivity index (χ3v) is 14.5. The van der Waals surface area contributed by atoms with E-state index < -0.39 is 18.0 Å². The van der Waals surface area contributed by atoms with E-state index in [1.807, 2.05) is 49.6 Å². The quantitative estimate of drug-likeness (QED) is 0.0408. The SMILES string of the molecule is CN[C@@H](C)C(=O)C[C@H](C(=O)N1C[C@@H](NC(=O)COCCOCCOCCOCCOCCOc2ccc(-c3ccc4c(c3)[nH]c3ccncc34)cn2)C[C@H]1C(=O)N[C@@H]1CCCc2ccccc21)C1CCCCC1. The molecule has 2 fully saturated rings. The number of carbonyl (C=O) groups is 4. The minimum Gasteiger partial charge on any atom is -0.475 e. The first-order chi connectivity index (χ1) is 35.7. The summed E-state index contributed by atoms with van der Waals surface area (Å²) in [6.45, 7) is 5.50. The molecule has 5 atom stereocenters. The predicted molar refractivity (Wildman–Crippen MR) is 277 cm³/mol. The Labute approximate surface area is 428 Å². The third kappa shape index (κ3) is 14.9. The highest BCUT2D eigenvalue weighted by Crippen LogP contribution is 2.36. The van der Waals surface area contributed by atoms with Gasteiger partial charge >= 0.3 is 0 Å². The minimum atomic E-state index is -0.781. The average molecular weight is 1000 g/mol. The van der Waals surface area contributed by atoms with E-state index in [1.54, 1.807) is 18.1 Å². The first-order valence-corrected chi connectivity index (χ1v) is 26.3. The van der Waals surface area contributed by atoms with E-state index >= 15 is 0 Å². The predicted octanol–water partition coefficient (Wildman–Crippen LogP) is 6.28. The molecule has 392 valence electrons. The first kappa shape index (κ1) is 53.5. The molecule has 2 aliphatic carbocycles. The summed E-state index contributed by atoms with van der Waals surface area (Å²) in [6.07, 6.45) is 13.5. The fraction of sp³-hybridized carbons (Fsp3) is 0.536. The lowest BCUT2D eigenvalue weighted by Gasteiger charge is -2.35. The molecule has 0 spiro atoms.